The van der Waals surface area contributed by atoms with Crippen LogP contribution in [0.5, 0.6) is 0 Å². The molecule has 0 saturated heterocycles. The monoisotopic (exact) mass is 275 g/mol. The SMILES string of the molecule is CCNC(c1ccc(COC)o1)C1C2C3CCC(C3)C21. The summed E-state index contributed by atoms with van der Waals surface area (Å²) in [6.07, 6.45) is 4.47. The zero-order valence-corrected chi connectivity index (χ0v) is 12.5. The van der Waals surface area contributed by atoms with E-state index in [1.165, 1.54) is 19.3 Å². The van der Waals surface area contributed by atoms with Gasteiger partial charge in [0.25, 0.3) is 0 Å². The quantitative estimate of drug-likeness (QED) is 0.864. The van der Waals surface area contributed by atoms with Crippen LogP contribution < -0.4 is 5.32 Å². The molecular formula is C17H25NO2. The first kappa shape index (κ1) is 12.9. The lowest BCUT2D eigenvalue weighted by atomic mass is 9.96. The van der Waals surface area contributed by atoms with Gasteiger partial charge in [-0.05, 0) is 67.5 Å². The van der Waals surface area contributed by atoms with E-state index >= 15 is 0 Å². The molecule has 1 aromatic rings. The maximum Gasteiger partial charge on any atom is 0.129 e. The van der Waals surface area contributed by atoms with Crippen LogP contribution in [0.1, 0.15) is 43.7 Å². The third-order valence-corrected chi connectivity index (χ3v) is 5.88. The van der Waals surface area contributed by atoms with Gasteiger partial charge in [0.1, 0.15) is 18.1 Å². The van der Waals surface area contributed by atoms with Crippen molar-refractivity contribution in [3.05, 3.63) is 23.7 Å². The number of methoxy groups -OCH3 is 1. The summed E-state index contributed by atoms with van der Waals surface area (Å²) in [7, 11) is 1.72. The molecule has 3 aliphatic carbocycles. The number of nitrogens with one attached hydrogen (secondary N) is 1. The molecule has 0 spiro atoms. The second-order valence-corrected chi connectivity index (χ2v) is 6.84. The highest BCUT2D eigenvalue weighted by molar-refractivity contribution is 5.21. The highest BCUT2D eigenvalue weighted by Gasteiger charge is 2.67. The molecule has 3 saturated carbocycles. The Labute approximate surface area is 121 Å². The first-order valence-corrected chi connectivity index (χ1v) is 8.14. The zero-order valence-electron chi connectivity index (χ0n) is 12.5. The van der Waals surface area contributed by atoms with Crippen molar-refractivity contribution in [2.75, 3.05) is 13.7 Å². The molecule has 110 valence electrons. The van der Waals surface area contributed by atoms with Gasteiger partial charge < -0.3 is 14.5 Å². The van der Waals surface area contributed by atoms with E-state index in [1.807, 2.05) is 0 Å². The van der Waals surface area contributed by atoms with Crippen molar-refractivity contribution in [1.82, 2.24) is 5.32 Å². The molecule has 4 rings (SSSR count). The Morgan fingerprint density at radius 2 is 2.05 bits per heavy atom. The molecule has 1 aromatic heterocycles. The minimum atomic E-state index is 0.420. The Balaban J connectivity index is 1.53. The average molecular weight is 275 g/mol. The molecule has 3 aliphatic rings. The van der Waals surface area contributed by atoms with Gasteiger partial charge >= 0.3 is 0 Å². The fraction of sp³-hybridized carbons (Fsp3) is 0.765. The van der Waals surface area contributed by atoms with E-state index in [2.05, 4.69) is 24.4 Å². The van der Waals surface area contributed by atoms with E-state index in [9.17, 15) is 0 Å². The van der Waals surface area contributed by atoms with Crippen LogP contribution in [0.25, 0.3) is 0 Å². The summed E-state index contributed by atoms with van der Waals surface area (Å²) in [5, 5.41) is 3.68. The summed E-state index contributed by atoms with van der Waals surface area (Å²) in [5.74, 6) is 6.89. The summed E-state index contributed by atoms with van der Waals surface area (Å²) >= 11 is 0. The number of rotatable bonds is 6. The maximum absolute atomic E-state index is 6.01. The van der Waals surface area contributed by atoms with Gasteiger partial charge in [-0.1, -0.05) is 6.92 Å². The molecule has 0 amide bonds. The summed E-state index contributed by atoms with van der Waals surface area (Å²) < 4.78 is 11.2. The topological polar surface area (TPSA) is 34.4 Å². The van der Waals surface area contributed by atoms with E-state index in [1.54, 1.807) is 7.11 Å². The van der Waals surface area contributed by atoms with E-state index < -0.39 is 0 Å². The number of fused-ring (bicyclic) bond motifs is 5. The van der Waals surface area contributed by atoms with Crippen LogP contribution in [-0.2, 0) is 11.3 Å². The number of hydrogen-bond donors (Lipinski definition) is 1. The number of ether oxygens (including phenoxy) is 1. The molecule has 1 N–H and O–H groups in total. The normalized spacial score (nSPS) is 39.0. The van der Waals surface area contributed by atoms with Crippen LogP contribution in [0.2, 0.25) is 0 Å². The van der Waals surface area contributed by atoms with Gasteiger partial charge in [-0.3, -0.25) is 0 Å². The van der Waals surface area contributed by atoms with Crippen LogP contribution in [0.4, 0.5) is 0 Å². The third-order valence-electron chi connectivity index (χ3n) is 5.88. The largest absolute Gasteiger partial charge is 0.462 e. The zero-order chi connectivity index (χ0) is 13.7. The van der Waals surface area contributed by atoms with Crippen molar-refractivity contribution in [3.63, 3.8) is 0 Å². The van der Waals surface area contributed by atoms with Gasteiger partial charge in [-0.15, -0.1) is 0 Å². The predicted molar refractivity (Wildman–Crippen MR) is 77.1 cm³/mol. The molecular weight excluding hydrogens is 250 g/mol. The Bertz CT molecular complexity index is 467. The lowest BCUT2D eigenvalue weighted by Crippen LogP contribution is -2.25. The van der Waals surface area contributed by atoms with Crippen molar-refractivity contribution in [2.24, 2.45) is 29.6 Å². The van der Waals surface area contributed by atoms with Crippen molar-refractivity contribution >= 4 is 0 Å². The Morgan fingerprint density at radius 1 is 1.30 bits per heavy atom. The van der Waals surface area contributed by atoms with Crippen molar-refractivity contribution in [3.8, 4) is 0 Å². The van der Waals surface area contributed by atoms with Crippen LogP contribution in [0, 0.1) is 29.6 Å². The molecule has 5 unspecified atom stereocenters. The second-order valence-electron chi connectivity index (χ2n) is 6.84. The standard InChI is InChI=1S/C17H25NO2/c1-3-18-17(13-7-6-12(20-13)9-19-2)16-14-10-4-5-11(8-10)15(14)16/h6-7,10-11,14-18H,3-5,8-9H2,1-2H3. The Hall–Kier alpha value is -0.800. The summed E-state index contributed by atoms with van der Waals surface area (Å²) in [5.41, 5.74) is 0. The first-order chi connectivity index (χ1) is 9.83. The molecule has 3 heteroatoms. The van der Waals surface area contributed by atoms with Crippen molar-refractivity contribution < 1.29 is 9.15 Å². The molecule has 1 heterocycles. The van der Waals surface area contributed by atoms with E-state index in [0.717, 1.165) is 47.7 Å². The molecule has 0 radical (unpaired) electrons. The van der Waals surface area contributed by atoms with Crippen LogP contribution in [0.3, 0.4) is 0 Å². The second kappa shape index (κ2) is 4.88. The van der Waals surface area contributed by atoms with Gasteiger partial charge in [-0.2, -0.15) is 0 Å². The summed E-state index contributed by atoms with van der Waals surface area (Å²) in [6, 6.07) is 4.64. The lowest BCUT2D eigenvalue weighted by molar-refractivity contribution is 0.160. The molecule has 0 aliphatic heterocycles. The fourth-order valence-electron chi connectivity index (χ4n) is 5.27. The van der Waals surface area contributed by atoms with Crippen LogP contribution in [-0.4, -0.2) is 13.7 Å². The predicted octanol–water partition coefficient (Wildman–Crippen LogP) is 3.37. The van der Waals surface area contributed by atoms with Crippen LogP contribution in [0.15, 0.2) is 16.5 Å². The lowest BCUT2D eigenvalue weighted by Gasteiger charge is -2.19. The molecule has 3 fully saturated rings. The molecule has 20 heavy (non-hydrogen) atoms. The van der Waals surface area contributed by atoms with Gasteiger partial charge in [0.15, 0.2) is 0 Å². The smallest absolute Gasteiger partial charge is 0.129 e. The highest BCUT2D eigenvalue weighted by atomic mass is 16.5. The average Bonchev–Trinajstić information content (AvgIpc) is 2.85. The van der Waals surface area contributed by atoms with Gasteiger partial charge in [-0.25, -0.2) is 0 Å². The maximum atomic E-state index is 6.01. The first-order valence-electron chi connectivity index (χ1n) is 8.14. The summed E-state index contributed by atoms with van der Waals surface area (Å²) in [6.45, 7) is 3.77. The number of hydrogen-bond acceptors (Lipinski definition) is 3. The minimum Gasteiger partial charge on any atom is -0.462 e. The van der Waals surface area contributed by atoms with E-state index in [0.29, 0.717) is 12.6 Å². The fourth-order valence-corrected chi connectivity index (χ4v) is 5.27. The van der Waals surface area contributed by atoms with Gasteiger partial charge in [0.05, 0.1) is 6.04 Å². The van der Waals surface area contributed by atoms with Gasteiger partial charge in [0, 0.05) is 7.11 Å². The summed E-state index contributed by atoms with van der Waals surface area (Å²) in [4.78, 5) is 0. The molecule has 3 nitrogen and oxygen atoms in total. The Morgan fingerprint density at radius 3 is 2.70 bits per heavy atom. The van der Waals surface area contributed by atoms with Crippen LogP contribution >= 0.6 is 0 Å². The van der Waals surface area contributed by atoms with E-state index in [4.69, 9.17) is 9.15 Å². The van der Waals surface area contributed by atoms with Crippen molar-refractivity contribution in [1.29, 1.82) is 0 Å². The Kier molecular flexibility index (Phi) is 3.15. The van der Waals surface area contributed by atoms with Gasteiger partial charge in [0.2, 0.25) is 0 Å². The highest BCUT2D eigenvalue weighted by Crippen LogP contribution is 2.72. The number of furan rings is 1. The third kappa shape index (κ3) is 1.86. The van der Waals surface area contributed by atoms with E-state index in [-0.39, 0.29) is 0 Å². The molecule has 0 aromatic carbocycles. The minimum absolute atomic E-state index is 0.420. The molecule has 2 bridgehead atoms. The molecule has 5 atom stereocenters. The van der Waals surface area contributed by atoms with Crippen molar-refractivity contribution in [2.45, 2.75) is 38.8 Å².